The van der Waals surface area contributed by atoms with Crippen LogP contribution in [-0.4, -0.2) is 31.7 Å². The van der Waals surface area contributed by atoms with Crippen LogP contribution in [0, 0.1) is 19.8 Å². The van der Waals surface area contributed by atoms with E-state index < -0.39 is 9.84 Å². The smallest absolute Gasteiger partial charge is 0.242 e. The molecule has 8 heteroatoms. The maximum Gasteiger partial charge on any atom is 0.242 e. The number of furan rings is 1. The van der Waals surface area contributed by atoms with E-state index in [4.69, 9.17) is 4.42 Å². The highest BCUT2D eigenvalue weighted by Gasteiger charge is 2.29. The largest absolute Gasteiger partial charge is 0.464 e. The number of aryl methyl sites for hydroxylation is 2. The molecule has 1 saturated heterocycles. The molecule has 0 saturated carbocycles. The zero-order chi connectivity index (χ0) is 18.9. The molecule has 0 bridgehead atoms. The quantitative estimate of drug-likeness (QED) is 0.786. The molecule has 2 heterocycles. The maximum absolute atomic E-state index is 12.1. The van der Waals surface area contributed by atoms with Crippen LogP contribution in [0.25, 0.3) is 11.0 Å². The number of sulfone groups is 1. The number of benzene rings is 1. The highest BCUT2D eigenvalue weighted by molar-refractivity contribution is 7.91. The molecule has 1 aromatic carbocycles. The van der Waals surface area contributed by atoms with Gasteiger partial charge in [-0.2, -0.15) is 0 Å². The van der Waals surface area contributed by atoms with E-state index in [0.717, 1.165) is 27.7 Å². The number of hydrogen-bond donors (Lipinski definition) is 2. The van der Waals surface area contributed by atoms with Gasteiger partial charge in [0, 0.05) is 17.4 Å². The summed E-state index contributed by atoms with van der Waals surface area (Å²) in [4.78, 5) is 24.0. The molecule has 1 fully saturated rings. The van der Waals surface area contributed by atoms with Crippen molar-refractivity contribution in [2.75, 3.05) is 11.5 Å². The topological polar surface area (TPSA) is 105 Å². The van der Waals surface area contributed by atoms with Gasteiger partial charge in [-0.25, -0.2) is 8.42 Å². The van der Waals surface area contributed by atoms with Crippen LogP contribution in [0.2, 0.25) is 0 Å². The highest BCUT2D eigenvalue weighted by Crippen LogP contribution is 2.26. The third-order valence-corrected chi connectivity index (χ3v) is 6.67. The fourth-order valence-corrected chi connectivity index (χ4v) is 5.09. The number of fused-ring (bicyclic) bond motifs is 1. The zero-order valence-corrected chi connectivity index (χ0v) is 15.6. The van der Waals surface area contributed by atoms with Crippen molar-refractivity contribution in [1.29, 1.82) is 0 Å². The Labute approximate surface area is 152 Å². The fraction of sp³-hybridized carbons (Fsp3) is 0.444. The van der Waals surface area contributed by atoms with Crippen LogP contribution in [0.15, 0.2) is 22.8 Å². The van der Waals surface area contributed by atoms with Gasteiger partial charge >= 0.3 is 0 Å². The predicted octanol–water partition coefficient (Wildman–Crippen LogP) is 1.56. The Kier molecular flexibility index (Phi) is 5.04. The van der Waals surface area contributed by atoms with E-state index >= 15 is 0 Å². The predicted molar refractivity (Wildman–Crippen MR) is 97.1 cm³/mol. The molecule has 26 heavy (non-hydrogen) atoms. The van der Waals surface area contributed by atoms with Gasteiger partial charge in [0.25, 0.3) is 0 Å². The summed E-state index contributed by atoms with van der Waals surface area (Å²) in [6, 6.07) is 3.90. The van der Waals surface area contributed by atoms with Gasteiger partial charge in [-0.15, -0.1) is 0 Å². The molecular formula is C18H22N2O5S. The lowest BCUT2D eigenvalue weighted by atomic mass is 10.0. The van der Waals surface area contributed by atoms with E-state index in [0.29, 0.717) is 6.42 Å². The normalized spacial score (nSPS) is 18.8. The van der Waals surface area contributed by atoms with E-state index in [9.17, 15) is 18.0 Å². The van der Waals surface area contributed by atoms with E-state index in [1.54, 1.807) is 6.26 Å². The van der Waals surface area contributed by atoms with Crippen molar-refractivity contribution < 1.29 is 22.4 Å². The third kappa shape index (κ3) is 4.07. The Morgan fingerprint density at radius 3 is 2.62 bits per heavy atom. The number of carbonyl (C=O) groups is 2. The first-order valence-corrected chi connectivity index (χ1v) is 10.3. The van der Waals surface area contributed by atoms with Crippen molar-refractivity contribution in [3.8, 4) is 0 Å². The van der Waals surface area contributed by atoms with Crippen LogP contribution in [0.4, 0.5) is 0 Å². The molecule has 140 valence electrons. The molecule has 0 aliphatic carbocycles. The molecule has 1 aromatic heterocycles. The van der Waals surface area contributed by atoms with Gasteiger partial charge in [0.15, 0.2) is 9.84 Å². The average molecular weight is 378 g/mol. The molecule has 7 nitrogen and oxygen atoms in total. The molecule has 0 radical (unpaired) electrons. The molecular weight excluding hydrogens is 356 g/mol. The summed E-state index contributed by atoms with van der Waals surface area (Å²) in [6.07, 6.45) is 2.21. The second kappa shape index (κ2) is 7.11. The van der Waals surface area contributed by atoms with Crippen LogP contribution < -0.4 is 10.9 Å². The van der Waals surface area contributed by atoms with Gasteiger partial charge in [0.1, 0.15) is 5.58 Å². The number of carbonyl (C=O) groups excluding carboxylic acids is 2. The second-order valence-corrected chi connectivity index (χ2v) is 9.12. The Balaban J connectivity index is 1.53. The summed E-state index contributed by atoms with van der Waals surface area (Å²) in [5.41, 5.74) is 8.39. The average Bonchev–Trinajstić information content (AvgIpc) is 3.12. The van der Waals surface area contributed by atoms with Crippen LogP contribution in [-0.2, 0) is 25.8 Å². The van der Waals surface area contributed by atoms with Crippen molar-refractivity contribution in [3.05, 3.63) is 35.1 Å². The van der Waals surface area contributed by atoms with Gasteiger partial charge in [-0.3, -0.25) is 20.4 Å². The Bertz CT molecular complexity index is 961. The third-order valence-electron chi connectivity index (χ3n) is 4.83. The fourth-order valence-electron chi connectivity index (χ4n) is 3.23. The highest BCUT2D eigenvalue weighted by atomic mass is 32.2. The minimum atomic E-state index is -3.01. The first kappa shape index (κ1) is 18.4. The summed E-state index contributed by atoms with van der Waals surface area (Å²) in [7, 11) is -3.01. The van der Waals surface area contributed by atoms with Gasteiger partial charge in [-0.1, -0.05) is 12.1 Å². The lowest BCUT2D eigenvalue weighted by molar-refractivity contribution is -0.129. The van der Waals surface area contributed by atoms with Crippen molar-refractivity contribution in [3.63, 3.8) is 0 Å². The number of amides is 2. The van der Waals surface area contributed by atoms with Crippen LogP contribution in [0.1, 0.15) is 29.5 Å². The van der Waals surface area contributed by atoms with Gasteiger partial charge < -0.3 is 4.42 Å². The van der Waals surface area contributed by atoms with E-state index in [1.807, 2.05) is 26.0 Å². The summed E-state index contributed by atoms with van der Waals surface area (Å²) in [5.74, 6) is -0.763. The summed E-state index contributed by atoms with van der Waals surface area (Å²) in [6.45, 7) is 3.96. The molecule has 2 N–H and O–H groups in total. The van der Waals surface area contributed by atoms with Crippen molar-refractivity contribution in [1.82, 2.24) is 10.9 Å². The molecule has 1 aliphatic rings. The number of rotatable bonds is 4. The lowest BCUT2D eigenvalue weighted by Crippen LogP contribution is -2.43. The SMILES string of the molecule is Cc1ccc2c(CC(=O)NNC(=O)C[C@H]3CCS(=O)(=O)C3)coc2c1C. The Morgan fingerprint density at radius 1 is 1.19 bits per heavy atom. The van der Waals surface area contributed by atoms with Gasteiger partial charge in [0.05, 0.1) is 24.2 Å². The minimum absolute atomic E-state index is 0.0359. The zero-order valence-electron chi connectivity index (χ0n) is 14.8. The molecule has 0 spiro atoms. The summed E-state index contributed by atoms with van der Waals surface area (Å²) in [5, 5.41) is 0.880. The van der Waals surface area contributed by atoms with Crippen molar-refractivity contribution in [2.24, 2.45) is 5.92 Å². The second-order valence-electron chi connectivity index (χ2n) is 6.89. The van der Waals surface area contributed by atoms with Gasteiger partial charge in [-0.05, 0) is 37.3 Å². The standard InChI is InChI=1S/C18H22N2O5S/c1-11-3-4-15-14(9-25-18(15)12(11)2)8-17(22)20-19-16(21)7-13-5-6-26(23,24)10-13/h3-4,9,13H,5-8,10H2,1-2H3,(H,19,21)(H,20,22)/t13-/m1/s1. The number of hydrogen-bond acceptors (Lipinski definition) is 5. The first-order valence-electron chi connectivity index (χ1n) is 8.49. The Morgan fingerprint density at radius 2 is 1.92 bits per heavy atom. The number of nitrogens with one attached hydrogen (secondary N) is 2. The first-order chi connectivity index (χ1) is 12.2. The van der Waals surface area contributed by atoms with E-state index in [1.165, 1.54) is 0 Å². The van der Waals surface area contributed by atoms with E-state index in [-0.39, 0.29) is 42.1 Å². The van der Waals surface area contributed by atoms with Crippen molar-refractivity contribution in [2.45, 2.75) is 33.1 Å². The maximum atomic E-state index is 12.1. The van der Waals surface area contributed by atoms with Crippen LogP contribution in [0.5, 0.6) is 0 Å². The molecule has 2 aromatic rings. The minimum Gasteiger partial charge on any atom is -0.464 e. The van der Waals surface area contributed by atoms with E-state index in [2.05, 4.69) is 10.9 Å². The molecule has 1 aliphatic heterocycles. The van der Waals surface area contributed by atoms with Crippen LogP contribution >= 0.6 is 0 Å². The number of hydrazine groups is 1. The molecule has 0 unspecified atom stereocenters. The molecule has 1 atom stereocenters. The molecule has 2 amide bonds. The summed E-state index contributed by atoms with van der Waals surface area (Å²) < 4.78 is 28.4. The Hall–Kier alpha value is -2.35. The van der Waals surface area contributed by atoms with Crippen LogP contribution in [0.3, 0.4) is 0 Å². The molecule has 3 rings (SSSR count). The van der Waals surface area contributed by atoms with Crippen molar-refractivity contribution >= 4 is 32.6 Å². The van der Waals surface area contributed by atoms with Gasteiger partial charge in [0.2, 0.25) is 11.8 Å². The summed E-state index contributed by atoms with van der Waals surface area (Å²) >= 11 is 0. The lowest BCUT2D eigenvalue weighted by Gasteiger charge is -2.09. The monoisotopic (exact) mass is 378 g/mol.